The second-order valence-corrected chi connectivity index (χ2v) is 6.41. The van der Waals surface area contributed by atoms with Gasteiger partial charge in [0, 0.05) is 17.9 Å². The van der Waals surface area contributed by atoms with Gasteiger partial charge < -0.3 is 16.0 Å². The molecule has 0 aliphatic carbocycles. The molecule has 1 aromatic heterocycles. The quantitative estimate of drug-likeness (QED) is 0.613. The normalized spacial score (nSPS) is 11.5. The molecule has 0 fully saturated rings. The molecule has 1 atom stereocenters. The van der Waals surface area contributed by atoms with Crippen molar-refractivity contribution < 1.29 is 9.59 Å². The van der Waals surface area contributed by atoms with Gasteiger partial charge in [-0.25, -0.2) is 14.5 Å². The number of rotatable bonds is 6. The number of anilines is 2. The van der Waals surface area contributed by atoms with Gasteiger partial charge in [-0.1, -0.05) is 29.8 Å². The van der Waals surface area contributed by atoms with E-state index >= 15 is 0 Å². The van der Waals surface area contributed by atoms with Crippen LogP contribution in [0.15, 0.2) is 61.2 Å². The predicted molar refractivity (Wildman–Crippen MR) is 107 cm³/mol. The van der Waals surface area contributed by atoms with Gasteiger partial charge in [-0.05, 0) is 43.7 Å². The van der Waals surface area contributed by atoms with Crippen molar-refractivity contribution in [1.29, 1.82) is 0 Å². The van der Waals surface area contributed by atoms with Crippen LogP contribution in [-0.4, -0.2) is 26.7 Å². The number of urea groups is 1. The highest BCUT2D eigenvalue weighted by Gasteiger charge is 2.15. The first kappa shape index (κ1) is 19.1. The highest BCUT2D eigenvalue weighted by atomic mass is 16.2. The zero-order valence-electron chi connectivity index (χ0n) is 15.7. The highest BCUT2D eigenvalue weighted by molar-refractivity contribution is 5.94. The molecule has 0 saturated heterocycles. The molecule has 3 aromatic rings. The first-order valence-electron chi connectivity index (χ1n) is 8.87. The van der Waals surface area contributed by atoms with E-state index in [-0.39, 0.29) is 11.9 Å². The van der Waals surface area contributed by atoms with Crippen molar-refractivity contribution >= 4 is 23.3 Å². The van der Waals surface area contributed by atoms with Crippen LogP contribution in [0.1, 0.15) is 24.1 Å². The molecule has 2 aromatic carbocycles. The Hall–Kier alpha value is -3.68. The fourth-order valence-corrected chi connectivity index (χ4v) is 2.48. The number of nitrogens with zero attached hydrogens (tertiary/aromatic N) is 3. The molecule has 3 N–H and O–H groups in total. The third-order valence-corrected chi connectivity index (χ3v) is 4.20. The van der Waals surface area contributed by atoms with E-state index in [0.717, 1.165) is 5.56 Å². The molecule has 3 amide bonds. The Morgan fingerprint density at radius 3 is 2.25 bits per heavy atom. The SMILES string of the molecule is Cc1ccc(CNC(=O)Nc2ccc(NC(=O)[C@H](C)n3cncn3)cc2)cc1. The van der Waals surface area contributed by atoms with Crippen molar-refractivity contribution in [3.05, 3.63) is 72.3 Å². The van der Waals surface area contributed by atoms with Gasteiger partial charge >= 0.3 is 6.03 Å². The number of hydrogen-bond acceptors (Lipinski definition) is 4. The molecule has 0 spiro atoms. The largest absolute Gasteiger partial charge is 0.334 e. The van der Waals surface area contributed by atoms with Crippen molar-refractivity contribution in [1.82, 2.24) is 20.1 Å². The van der Waals surface area contributed by atoms with Crippen LogP contribution in [0.2, 0.25) is 0 Å². The molecule has 0 unspecified atom stereocenters. The molecule has 144 valence electrons. The maximum atomic E-state index is 12.2. The van der Waals surface area contributed by atoms with Crippen molar-refractivity contribution in [3.63, 3.8) is 0 Å². The first-order chi connectivity index (χ1) is 13.5. The van der Waals surface area contributed by atoms with E-state index in [1.165, 1.54) is 22.9 Å². The Bertz CT molecular complexity index is 920. The van der Waals surface area contributed by atoms with Crippen LogP contribution in [0.4, 0.5) is 16.2 Å². The third-order valence-electron chi connectivity index (χ3n) is 4.20. The third kappa shape index (κ3) is 5.16. The molecule has 0 radical (unpaired) electrons. The van der Waals surface area contributed by atoms with Crippen LogP contribution in [0.25, 0.3) is 0 Å². The minimum absolute atomic E-state index is 0.206. The van der Waals surface area contributed by atoms with Crippen molar-refractivity contribution in [2.45, 2.75) is 26.4 Å². The summed E-state index contributed by atoms with van der Waals surface area (Å²) in [6.45, 7) is 4.20. The molecule has 1 heterocycles. The molecule has 0 aliphatic rings. The standard InChI is InChI=1S/C20H22N6O2/c1-14-3-5-16(6-4-14)11-22-20(28)25-18-9-7-17(8-10-18)24-19(27)15(2)26-13-21-12-23-26/h3-10,12-13,15H,11H2,1-2H3,(H,24,27)(H2,22,25,28)/t15-/m0/s1. The molecule has 8 nitrogen and oxygen atoms in total. The van der Waals surface area contributed by atoms with Crippen LogP contribution in [0.5, 0.6) is 0 Å². The van der Waals surface area contributed by atoms with E-state index in [1.807, 2.05) is 31.2 Å². The summed E-state index contributed by atoms with van der Waals surface area (Å²) in [4.78, 5) is 28.1. The summed E-state index contributed by atoms with van der Waals surface area (Å²) >= 11 is 0. The van der Waals surface area contributed by atoms with Crippen LogP contribution in [0, 0.1) is 6.92 Å². The van der Waals surface area contributed by atoms with E-state index in [2.05, 4.69) is 26.0 Å². The molecule has 0 saturated carbocycles. The Labute approximate surface area is 163 Å². The molecule has 0 bridgehead atoms. The lowest BCUT2D eigenvalue weighted by Gasteiger charge is -2.13. The Kier molecular flexibility index (Phi) is 6.01. The second kappa shape index (κ2) is 8.81. The fraction of sp³-hybridized carbons (Fsp3) is 0.200. The van der Waals surface area contributed by atoms with Crippen LogP contribution in [-0.2, 0) is 11.3 Å². The summed E-state index contributed by atoms with van der Waals surface area (Å²) in [6, 6.07) is 14.1. The molecular formula is C20H22N6O2. The number of aromatic nitrogens is 3. The average Bonchev–Trinajstić information content (AvgIpc) is 3.23. The number of benzene rings is 2. The lowest BCUT2D eigenvalue weighted by atomic mass is 10.1. The van der Waals surface area contributed by atoms with Gasteiger partial charge in [0.15, 0.2) is 0 Å². The van der Waals surface area contributed by atoms with Gasteiger partial charge in [-0.15, -0.1) is 0 Å². The molecule has 8 heteroatoms. The van der Waals surface area contributed by atoms with E-state index in [0.29, 0.717) is 17.9 Å². The van der Waals surface area contributed by atoms with Gasteiger partial charge in [0.1, 0.15) is 18.7 Å². The number of nitrogens with one attached hydrogen (secondary N) is 3. The summed E-state index contributed by atoms with van der Waals surface area (Å²) in [5, 5.41) is 12.3. The molecule has 0 aliphatic heterocycles. The Morgan fingerprint density at radius 1 is 1.00 bits per heavy atom. The summed E-state index contributed by atoms with van der Waals surface area (Å²) < 4.78 is 1.48. The van der Waals surface area contributed by atoms with Gasteiger partial charge in [0.05, 0.1) is 0 Å². The van der Waals surface area contributed by atoms with E-state index in [4.69, 9.17) is 0 Å². The summed E-state index contributed by atoms with van der Waals surface area (Å²) in [5.74, 6) is -0.206. The van der Waals surface area contributed by atoms with Crippen LogP contribution < -0.4 is 16.0 Å². The highest BCUT2D eigenvalue weighted by Crippen LogP contribution is 2.15. The average molecular weight is 378 g/mol. The van der Waals surface area contributed by atoms with Crippen molar-refractivity contribution in [2.24, 2.45) is 0 Å². The second-order valence-electron chi connectivity index (χ2n) is 6.41. The Morgan fingerprint density at radius 2 is 1.64 bits per heavy atom. The zero-order valence-corrected chi connectivity index (χ0v) is 15.7. The summed E-state index contributed by atoms with van der Waals surface area (Å²) in [7, 11) is 0. The van der Waals surface area contributed by atoms with Gasteiger partial charge in [-0.3, -0.25) is 4.79 Å². The maximum Gasteiger partial charge on any atom is 0.319 e. The van der Waals surface area contributed by atoms with Gasteiger partial charge in [0.2, 0.25) is 5.91 Å². The topological polar surface area (TPSA) is 101 Å². The molecular weight excluding hydrogens is 356 g/mol. The first-order valence-corrected chi connectivity index (χ1v) is 8.87. The lowest BCUT2D eigenvalue weighted by molar-refractivity contribution is -0.119. The van der Waals surface area contributed by atoms with E-state index < -0.39 is 6.04 Å². The van der Waals surface area contributed by atoms with Crippen molar-refractivity contribution in [3.8, 4) is 0 Å². The van der Waals surface area contributed by atoms with E-state index in [1.54, 1.807) is 31.2 Å². The molecule has 3 rings (SSSR count). The summed E-state index contributed by atoms with van der Waals surface area (Å²) in [6.07, 6.45) is 2.88. The van der Waals surface area contributed by atoms with Gasteiger partial charge in [0.25, 0.3) is 0 Å². The van der Waals surface area contributed by atoms with Crippen molar-refractivity contribution in [2.75, 3.05) is 10.6 Å². The fourth-order valence-electron chi connectivity index (χ4n) is 2.48. The predicted octanol–water partition coefficient (Wildman–Crippen LogP) is 3.11. The zero-order chi connectivity index (χ0) is 19.9. The number of aryl methyl sites for hydroxylation is 1. The number of amides is 3. The number of carbonyl (C=O) groups excluding carboxylic acids is 2. The number of carbonyl (C=O) groups is 2. The smallest absolute Gasteiger partial charge is 0.319 e. The summed E-state index contributed by atoms with van der Waals surface area (Å²) in [5.41, 5.74) is 3.46. The number of hydrogen-bond donors (Lipinski definition) is 3. The van der Waals surface area contributed by atoms with Crippen LogP contribution >= 0.6 is 0 Å². The monoisotopic (exact) mass is 378 g/mol. The maximum absolute atomic E-state index is 12.2. The minimum Gasteiger partial charge on any atom is -0.334 e. The molecule has 28 heavy (non-hydrogen) atoms. The lowest BCUT2D eigenvalue weighted by Crippen LogP contribution is -2.28. The Balaban J connectivity index is 1.49. The minimum atomic E-state index is -0.479. The van der Waals surface area contributed by atoms with E-state index in [9.17, 15) is 9.59 Å². The van der Waals surface area contributed by atoms with Gasteiger partial charge in [-0.2, -0.15) is 5.10 Å². The van der Waals surface area contributed by atoms with Crippen LogP contribution in [0.3, 0.4) is 0 Å².